The van der Waals surface area contributed by atoms with E-state index in [0.717, 1.165) is 5.69 Å². The Kier molecular flexibility index (Phi) is 6.37. The van der Waals surface area contributed by atoms with Gasteiger partial charge in [-0.1, -0.05) is 53.7 Å². The fraction of sp³-hybridized carbons (Fsp3) is 0.167. The molecule has 0 aliphatic carbocycles. The summed E-state index contributed by atoms with van der Waals surface area (Å²) in [5, 5.41) is 12.2. The zero-order chi connectivity index (χ0) is 23.5. The minimum atomic E-state index is -0.471. The van der Waals surface area contributed by atoms with E-state index < -0.39 is 11.4 Å². The predicted octanol–water partition coefficient (Wildman–Crippen LogP) is 4.95. The fourth-order valence-corrected chi connectivity index (χ4v) is 4.41. The summed E-state index contributed by atoms with van der Waals surface area (Å²) in [5.41, 5.74) is 0.861. The number of pyridine rings is 1. The highest BCUT2D eigenvalue weighted by Gasteiger charge is 2.30. The minimum absolute atomic E-state index is 0.213. The molecule has 1 amide bonds. The molecule has 1 N–H and O–H groups in total. The van der Waals surface area contributed by atoms with Crippen molar-refractivity contribution in [2.45, 2.75) is 23.4 Å². The third kappa shape index (κ3) is 4.71. The number of hydrogen-bond acceptors (Lipinski definition) is 7. The zero-order valence-electron chi connectivity index (χ0n) is 18.1. The van der Waals surface area contributed by atoms with Crippen LogP contribution in [0.1, 0.15) is 18.9 Å². The van der Waals surface area contributed by atoms with Gasteiger partial charge in [0, 0.05) is 11.9 Å². The molecule has 2 aromatic carbocycles. The van der Waals surface area contributed by atoms with E-state index in [9.17, 15) is 4.79 Å². The monoisotopic (exact) mass is 493 g/mol. The van der Waals surface area contributed by atoms with Crippen LogP contribution in [0, 0.1) is 0 Å². The van der Waals surface area contributed by atoms with Crippen LogP contribution in [0.5, 0.6) is 11.5 Å². The summed E-state index contributed by atoms with van der Waals surface area (Å²) in [5.74, 6) is 2.16. The van der Waals surface area contributed by atoms with Crippen LogP contribution in [0.3, 0.4) is 0 Å². The number of ether oxygens (including phenoxy) is 2. The van der Waals surface area contributed by atoms with Crippen molar-refractivity contribution in [1.82, 2.24) is 19.7 Å². The van der Waals surface area contributed by atoms with Gasteiger partial charge < -0.3 is 14.8 Å². The summed E-state index contributed by atoms with van der Waals surface area (Å²) in [6.07, 6.45) is 1.02. The molecule has 0 fully saturated rings. The van der Waals surface area contributed by atoms with Crippen LogP contribution >= 0.6 is 23.4 Å². The van der Waals surface area contributed by atoms with Crippen molar-refractivity contribution in [2.75, 3.05) is 11.9 Å². The maximum atomic E-state index is 12.8. The van der Waals surface area contributed by atoms with Crippen molar-refractivity contribution >= 4 is 35.1 Å². The van der Waals surface area contributed by atoms with Gasteiger partial charge in [-0.25, -0.2) is 4.98 Å². The first-order chi connectivity index (χ1) is 16.6. The molecule has 1 aliphatic heterocycles. The summed E-state index contributed by atoms with van der Waals surface area (Å²) in [4.78, 5) is 16.9. The Balaban J connectivity index is 1.41. The topological polar surface area (TPSA) is 91.2 Å². The summed E-state index contributed by atoms with van der Waals surface area (Å²) >= 11 is 7.16. The van der Waals surface area contributed by atoms with Crippen LogP contribution in [0.4, 0.5) is 5.82 Å². The minimum Gasteiger partial charge on any atom is -0.485 e. The predicted molar refractivity (Wildman–Crippen MR) is 130 cm³/mol. The number of thioether (sulfide) groups is 1. The van der Waals surface area contributed by atoms with Gasteiger partial charge in [0.25, 0.3) is 0 Å². The molecule has 2 atom stereocenters. The summed E-state index contributed by atoms with van der Waals surface area (Å²) < 4.78 is 14.0. The number of nitrogens with zero attached hydrogens (tertiary/aromatic N) is 4. The molecule has 4 aromatic rings. The average molecular weight is 494 g/mol. The molecule has 5 rings (SSSR count). The van der Waals surface area contributed by atoms with E-state index in [1.165, 1.54) is 18.0 Å². The zero-order valence-corrected chi connectivity index (χ0v) is 19.7. The van der Waals surface area contributed by atoms with Gasteiger partial charge in [-0.3, -0.25) is 9.36 Å². The van der Waals surface area contributed by atoms with Gasteiger partial charge in [0.15, 0.2) is 28.6 Å². The van der Waals surface area contributed by atoms with E-state index in [-0.39, 0.29) is 5.91 Å². The lowest BCUT2D eigenvalue weighted by atomic mass is 10.2. The number of anilines is 1. The molecule has 172 valence electrons. The molecule has 0 radical (unpaired) electrons. The molecule has 1 aliphatic rings. The molecular formula is C24H20ClN5O3S. The quantitative estimate of drug-likeness (QED) is 0.380. The Morgan fingerprint density at radius 2 is 1.85 bits per heavy atom. The normalized spacial score (nSPS) is 15.5. The number of carbonyl (C=O) groups is 1. The number of hydrogen-bond donors (Lipinski definition) is 1. The van der Waals surface area contributed by atoms with Gasteiger partial charge in [-0.15, -0.1) is 10.2 Å². The van der Waals surface area contributed by atoms with Crippen molar-refractivity contribution in [1.29, 1.82) is 0 Å². The van der Waals surface area contributed by atoms with Crippen molar-refractivity contribution in [2.24, 2.45) is 0 Å². The number of fused-ring (bicyclic) bond motifs is 1. The number of halogens is 1. The van der Waals surface area contributed by atoms with Crippen LogP contribution in [0.25, 0.3) is 5.69 Å². The van der Waals surface area contributed by atoms with E-state index in [1.807, 2.05) is 59.2 Å². The largest absolute Gasteiger partial charge is 0.485 e. The number of amides is 1. The average Bonchev–Trinajstić information content (AvgIpc) is 3.29. The van der Waals surface area contributed by atoms with E-state index in [2.05, 4.69) is 20.5 Å². The van der Waals surface area contributed by atoms with Crippen molar-refractivity contribution in [3.8, 4) is 17.2 Å². The molecule has 10 heteroatoms. The van der Waals surface area contributed by atoms with Crippen LogP contribution < -0.4 is 14.8 Å². The van der Waals surface area contributed by atoms with Crippen LogP contribution in [-0.2, 0) is 4.79 Å². The Bertz CT molecular complexity index is 1300. The first kappa shape index (κ1) is 22.2. The second kappa shape index (κ2) is 9.74. The maximum absolute atomic E-state index is 12.8. The summed E-state index contributed by atoms with van der Waals surface area (Å²) in [6, 6.07) is 20.6. The van der Waals surface area contributed by atoms with Gasteiger partial charge in [-0.2, -0.15) is 0 Å². The second-order valence-corrected chi connectivity index (χ2v) is 9.23. The van der Waals surface area contributed by atoms with E-state index >= 15 is 0 Å². The molecule has 0 bridgehead atoms. The lowest BCUT2D eigenvalue weighted by molar-refractivity contribution is -0.115. The van der Waals surface area contributed by atoms with E-state index in [4.69, 9.17) is 21.1 Å². The Morgan fingerprint density at radius 3 is 2.62 bits per heavy atom. The molecule has 0 unspecified atom stereocenters. The molecule has 2 aromatic heterocycles. The lowest BCUT2D eigenvalue weighted by Gasteiger charge is -2.26. The number of para-hydroxylation sites is 3. The van der Waals surface area contributed by atoms with Crippen LogP contribution in [-0.4, -0.2) is 37.5 Å². The molecule has 0 spiro atoms. The van der Waals surface area contributed by atoms with Gasteiger partial charge in [0.2, 0.25) is 5.91 Å². The van der Waals surface area contributed by atoms with Crippen molar-refractivity contribution < 1.29 is 14.3 Å². The third-order valence-electron chi connectivity index (χ3n) is 5.10. The summed E-state index contributed by atoms with van der Waals surface area (Å²) in [7, 11) is 0. The number of carbonyl (C=O) groups excluding carboxylic acids is 1. The van der Waals surface area contributed by atoms with Gasteiger partial charge in [-0.05, 0) is 43.3 Å². The third-order valence-corrected chi connectivity index (χ3v) is 6.37. The molecule has 0 saturated carbocycles. The SMILES string of the molecule is C[C@@H](Sc1nnc([C@H]2COc3ccccc3O2)n1-c1ccccc1)C(=O)Nc1ccc(Cl)cn1. The highest BCUT2D eigenvalue weighted by atomic mass is 35.5. The van der Waals surface area contributed by atoms with E-state index in [1.54, 1.807) is 19.1 Å². The van der Waals surface area contributed by atoms with Gasteiger partial charge in [0.05, 0.1) is 10.3 Å². The number of rotatable bonds is 6. The highest BCUT2D eigenvalue weighted by Crippen LogP contribution is 2.37. The first-order valence-electron chi connectivity index (χ1n) is 10.6. The van der Waals surface area contributed by atoms with Gasteiger partial charge >= 0.3 is 0 Å². The Labute approximate surface area is 205 Å². The molecule has 0 saturated heterocycles. The smallest absolute Gasteiger partial charge is 0.238 e. The maximum Gasteiger partial charge on any atom is 0.238 e. The molecule has 34 heavy (non-hydrogen) atoms. The van der Waals surface area contributed by atoms with Crippen molar-refractivity contribution in [3.63, 3.8) is 0 Å². The van der Waals surface area contributed by atoms with Crippen LogP contribution in [0.15, 0.2) is 78.1 Å². The second-order valence-electron chi connectivity index (χ2n) is 7.49. The summed E-state index contributed by atoms with van der Waals surface area (Å²) in [6.45, 7) is 2.10. The molecule has 3 heterocycles. The number of benzene rings is 2. The van der Waals surface area contributed by atoms with Crippen molar-refractivity contribution in [3.05, 3.63) is 83.8 Å². The van der Waals surface area contributed by atoms with E-state index in [0.29, 0.717) is 39.9 Å². The molecule has 8 nitrogen and oxygen atoms in total. The lowest BCUT2D eigenvalue weighted by Crippen LogP contribution is -2.25. The number of aromatic nitrogens is 4. The Hall–Kier alpha value is -3.56. The van der Waals surface area contributed by atoms with Crippen LogP contribution in [0.2, 0.25) is 5.02 Å². The molecular weight excluding hydrogens is 474 g/mol. The Morgan fingerprint density at radius 1 is 1.09 bits per heavy atom. The first-order valence-corrected chi connectivity index (χ1v) is 11.8. The van der Waals surface area contributed by atoms with Gasteiger partial charge in [0.1, 0.15) is 12.4 Å². The highest BCUT2D eigenvalue weighted by molar-refractivity contribution is 8.00. The fourth-order valence-electron chi connectivity index (χ4n) is 3.42. The number of nitrogens with one attached hydrogen (secondary N) is 1. The standard InChI is InChI=1S/C24H20ClN5O3S/c1-15(23(31)27-21-12-11-16(25)13-26-21)34-24-29-28-22(30(24)17-7-3-2-4-8-17)20-14-32-18-9-5-6-10-19(18)33-20/h2-13,15,20H,14H2,1H3,(H,26,27,31)/t15-,20-/m1/s1.